The molecule has 0 aromatic rings. The molecule has 24 heavy (non-hydrogen) atoms. The van der Waals surface area contributed by atoms with Gasteiger partial charge in [-0.25, -0.2) is 4.79 Å². The van der Waals surface area contributed by atoms with Gasteiger partial charge in [-0.3, -0.25) is 4.99 Å². The van der Waals surface area contributed by atoms with E-state index < -0.39 is 5.60 Å². The van der Waals surface area contributed by atoms with E-state index in [1.807, 2.05) is 32.7 Å². The van der Waals surface area contributed by atoms with Crippen LogP contribution in [-0.4, -0.2) is 55.3 Å². The largest absolute Gasteiger partial charge is 0.444 e. The summed E-state index contributed by atoms with van der Waals surface area (Å²) in [5.41, 5.74) is -0.428. The van der Waals surface area contributed by atoms with Gasteiger partial charge in [0.05, 0.1) is 0 Å². The minimum absolute atomic E-state index is 0.194. The van der Waals surface area contributed by atoms with Crippen molar-refractivity contribution in [3.63, 3.8) is 0 Å². The third-order valence-corrected chi connectivity index (χ3v) is 4.40. The van der Waals surface area contributed by atoms with Crippen LogP contribution in [0.2, 0.25) is 0 Å². The van der Waals surface area contributed by atoms with Gasteiger partial charge in [-0.1, -0.05) is 12.2 Å². The number of carbonyl (C=O) groups is 1. The van der Waals surface area contributed by atoms with E-state index in [1.54, 1.807) is 0 Å². The normalized spacial score (nSPS) is 20.3. The molecule has 6 nitrogen and oxygen atoms in total. The number of amides is 1. The summed E-state index contributed by atoms with van der Waals surface area (Å²) in [5, 5.41) is 6.87. The topological polar surface area (TPSA) is 66.0 Å². The molecule has 6 heteroatoms. The van der Waals surface area contributed by atoms with Crippen LogP contribution in [0.1, 0.15) is 46.5 Å². The maximum atomic E-state index is 12.1. The molecule has 1 heterocycles. The average molecular weight is 336 g/mol. The zero-order valence-electron chi connectivity index (χ0n) is 15.5. The molecule has 2 aliphatic rings. The Labute approximate surface area is 145 Å². The van der Waals surface area contributed by atoms with Crippen LogP contribution in [0, 0.1) is 5.92 Å². The van der Waals surface area contributed by atoms with Crippen LogP contribution < -0.4 is 10.6 Å². The van der Waals surface area contributed by atoms with Crippen LogP contribution in [-0.2, 0) is 4.74 Å². The van der Waals surface area contributed by atoms with Gasteiger partial charge >= 0.3 is 6.09 Å². The van der Waals surface area contributed by atoms with Gasteiger partial charge in [0.15, 0.2) is 5.96 Å². The highest BCUT2D eigenvalue weighted by atomic mass is 16.6. The Morgan fingerprint density at radius 2 is 1.88 bits per heavy atom. The van der Waals surface area contributed by atoms with Gasteiger partial charge in [-0.05, 0) is 52.4 Å². The van der Waals surface area contributed by atoms with Gasteiger partial charge in [0.2, 0.25) is 0 Å². The Kier molecular flexibility index (Phi) is 6.52. The number of rotatable bonds is 3. The first-order chi connectivity index (χ1) is 11.4. The summed E-state index contributed by atoms with van der Waals surface area (Å²) in [6.07, 6.45) is 8.33. The smallest absolute Gasteiger partial charge is 0.410 e. The van der Waals surface area contributed by atoms with Crippen molar-refractivity contribution in [1.82, 2.24) is 15.5 Å². The van der Waals surface area contributed by atoms with Crippen molar-refractivity contribution in [2.75, 3.05) is 26.7 Å². The van der Waals surface area contributed by atoms with E-state index in [1.165, 1.54) is 0 Å². The number of guanidine groups is 1. The summed E-state index contributed by atoms with van der Waals surface area (Å²) in [4.78, 5) is 18.2. The number of hydrogen-bond donors (Lipinski definition) is 2. The molecule has 0 aromatic carbocycles. The zero-order valence-corrected chi connectivity index (χ0v) is 15.5. The highest BCUT2D eigenvalue weighted by molar-refractivity contribution is 5.80. The molecule has 0 saturated carbocycles. The number of hydrogen-bond acceptors (Lipinski definition) is 3. The number of aliphatic imine (C=N–C) groups is 1. The van der Waals surface area contributed by atoms with E-state index in [0.29, 0.717) is 12.0 Å². The number of ether oxygens (including phenoxy) is 1. The first-order valence-corrected chi connectivity index (χ1v) is 8.97. The molecule has 0 atom stereocenters. The van der Waals surface area contributed by atoms with Crippen molar-refractivity contribution in [2.24, 2.45) is 10.9 Å². The highest BCUT2D eigenvalue weighted by Crippen LogP contribution is 2.19. The highest BCUT2D eigenvalue weighted by Gasteiger charge is 2.26. The minimum Gasteiger partial charge on any atom is -0.444 e. The predicted octanol–water partition coefficient (Wildman–Crippen LogP) is 2.52. The fourth-order valence-electron chi connectivity index (χ4n) is 3.01. The fraction of sp³-hybridized carbons (Fsp3) is 0.778. The summed E-state index contributed by atoms with van der Waals surface area (Å²) in [7, 11) is 1.81. The Balaban J connectivity index is 1.68. The lowest BCUT2D eigenvalue weighted by molar-refractivity contribution is 0.0185. The van der Waals surface area contributed by atoms with Gasteiger partial charge in [-0.15, -0.1) is 0 Å². The van der Waals surface area contributed by atoms with Crippen molar-refractivity contribution >= 4 is 12.1 Å². The predicted molar refractivity (Wildman–Crippen MR) is 97.2 cm³/mol. The van der Waals surface area contributed by atoms with E-state index >= 15 is 0 Å². The van der Waals surface area contributed by atoms with Crippen molar-refractivity contribution in [2.45, 2.75) is 58.1 Å². The quantitative estimate of drug-likeness (QED) is 0.472. The third kappa shape index (κ3) is 6.06. The first kappa shape index (κ1) is 18.6. The second-order valence-corrected chi connectivity index (χ2v) is 7.65. The molecular formula is C18H32N4O2. The summed E-state index contributed by atoms with van der Waals surface area (Å²) in [6.45, 7) is 8.13. The molecule has 1 amide bonds. The van der Waals surface area contributed by atoms with E-state index in [4.69, 9.17) is 4.74 Å². The van der Waals surface area contributed by atoms with Crippen LogP contribution in [0.15, 0.2) is 17.1 Å². The SMILES string of the molecule is CN=C(NCC1CCN(C(=O)OC(C)(C)C)CC1)NC1CC=CC1. The van der Waals surface area contributed by atoms with Gasteiger partial charge in [0.25, 0.3) is 0 Å². The molecule has 1 saturated heterocycles. The second-order valence-electron chi connectivity index (χ2n) is 7.65. The average Bonchev–Trinajstić information content (AvgIpc) is 3.03. The Bertz CT molecular complexity index is 466. The van der Waals surface area contributed by atoms with Gasteiger partial charge < -0.3 is 20.3 Å². The number of nitrogens with zero attached hydrogens (tertiary/aromatic N) is 2. The van der Waals surface area contributed by atoms with Gasteiger partial charge in [0.1, 0.15) is 5.60 Å². The standard InChI is InChI=1S/C18H32N4O2/c1-18(2,3)24-17(23)22-11-9-14(10-12-22)13-20-16(19-4)21-15-7-5-6-8-15/h5-6,14-15H,7-13H2,1-4H3,(H2,19,20,21). The molecule has 0 spiro atoms. The Morgan fingerprint density at radius 3 is 2.42 bits per heavy atom. The van der Waals surface area contributed by atoms with Crippen LogP contribution in [0.4, 0.5) is 4.79 Å². The first-order valence-electron chi connectivity index (χ1n) is 8.97. The molecular weight excluding hydrogens is 304 g/mol. The van der Waals surface area contributed by atoms with E-state index in [0.717, 1.165) is 51.3 Å². The molecule has 1 aliphatic carbocycles. The molecule has 136 valence electrons. The zero-order chi connectivity index (χ0) is 17.6. The van der Waals surface area contributed by atoms with Crippen molar-refractivity contribution in [3.05, 3.63) is 12.2 Å². The molecule has 1 aliphatic heterocycles. The van der Waals surface area contributed by atoms with E-state index in [9.17, 15) is 4.79 Å². The number of likely N-dealkylation sites (tertiary alicyclic amines) is 1. The fourth-order valence-corrected chi connectivity index (χ4v) is 3.01. The van der Waals surface area contributed by atoms with E-state index in [-0.39, 0.29) is 6.09 Å². The molecule has 1 fully saturated rings. The minimum atomic E-state index is -0.428. The lowest BCUT2D eigenvalue weighted by atomic mass is 9.97. The maximum Gasteiger partial charge on any atom is 0.410 e. The van der Waals surface area contributed by atoms with Crippen LogP contribution in [0.25, 0.3) is 0 Å². The van der Waals surface area contributed by atoms with Gasteiger partial charge in [0, 0.05) is 32.7 Å². The monoisotopic (exact) mass is 336 g/mol. The Morgan fingerprint density at radius 1 is 1.25 bits per heavy atom. The molecule has 0 aromatic heterocycles. The molecule has 2 rings (SSSR count). The van der Waals surface area contributed by atoms with Crippen molar-refractivity contribution in [1.29, 1.82) is 0 Å². The number of carbonyl (C=O) groups excluding carboxylic acids is 1. The van der Waals surface area contributed by atoms with E-state index in [2.05, 4.69) is 27.8 Å². The molecule has 2 N–H and O–H groups in total. The van der Waals surface area contributed by atoms with Gasteiger partial charge in [-0.2, -0.15) is 0 Å². The molecule has 0 unspecified atom stereocenters. The van der Waals surface area contributed by atoms with Crippen LogP contribution in [0.3, 0.4) is 0 Å². The third-order valence-electron chi connectivity index (χ3n) is 4.40. The van der Waals surface area contributed by atoms with Crippen LogP contribution >= 0.6 is 0 Å². The Hall–Kier alpha value is -1.72. The van der Waals surface area contributed by atoms with Crippen molar-refractivity contribution < 1.29 is 9.53 Å². The maximum absolute atomic E-state index is 12.1. The lowest BCUT2D eigenvalue weighted by Crippen LogP contribution is -2.47. The summed E-state index contributed by atoms with van der Waals surface area (Å²) in [6, 6.07) is 0.463. The summed E-state index contributed by atoms with van der Waals surface area (Å²) in [5.74, 6) is 1.43. The van der Waals surface area contributed by atoms with Crippen molar-refractivity contribution in [3.8, 4) is 0 Å². The number of nitrogens with one attached hydrogen (secondary N) is 2. The molecule has 0 radical (unpaired) electrons. The second kappa shape index (κ2) is 8.40. The molecule has 0 bridgehead atoms. The number of piperidine rings is 1. The summed E-state index contributed by atoms with van der Waals surface area (Å²) >= 11 is 0. The van der Waals surface area contributed by atoms with Crippen LogP contribution in [0.5, 0.6) is 0 Å². The lowest BCUT2D eigenvalue weighted by Gasteiger charge is -2.33. The summed E-state index contributed by atoms with van der Waals surface area (Å²) < 4.78 is 5.44.